The lowest BCUT2D eigenvalue weighted by Crippen LogP contribution is -2.42. The number of alkyl halides is 3. The molecule has 1 atom stereocenters. The van der Waals surface area contributed by atoms with E-state index in [4.69, 9.17) is 5.84 Å². The van der Waals surface area contributed by atoms with E-state index in [9.17, 15) is 13.2 Å². The van der Waals surface area contributed by atoms with Gasteiger partial charge in [-0.25, -0.2) is 10.8 Å². The topological polar surface area (TPSA) is 79.1 Å². The molecule has 1 fully saturated rings. The summed E-state index contributed by atoms with van der Waals surface area (Å²) >= 11 is 0. The van der Waals surface area contributed by atoms with Crippen LogP contribution in [0.2, 0.25) is 0 Å². The van der Waals surface area contributed by atoms with Crippen LogP contribution in [0.3, 0.4) is 0 Å². The van der Waals surface area contributed by atoms with E-state index in [1.54, 1.807) is 0 Å². The van der Waals surface area contributed by atoms with Gasteiger partial charge in [-0.3, -0.25) is 5.43 Å². The van der Waals surface area contributed by atoms with Gasteiger partial charge >= 0.3 is 6.18 Å². The molecule has 9 heteroatoms. The first-order valence-electron chi connectivity index (χ1n) is 6.84. The fraction of sp³-hybridized carbons (Fsp3) is 0.667. The molecule has 0 aliphatic carbocycles. The van der Waals surface area contributed by atoms with Gasteiger partial charge in [-0.15, -0.1) is 0 Å². The molecule has 1 aliphatic rings. The van der Waals surface area contributed by atoms with Crippen molar-refractivity contribution < 1.29 is 13.2 Å². The lowest BCUT2D eigenvalue weighted by Gasteiger charge is -2.32. The Bertz CT molecular complexity index is 479. The second-order valence-corrected chi connectivity index (χ2v) is 4.98. The zero-order chi connectivity index (χ0) is 15.5. The molecule has 0 aromatic carbocycles. The van der Waals surface area contributed by atoms with Crippen LogP contribution in [-0.4, -0.2) is 40.5 Å². The van der Waals surface area contributed by atoms with Crippen molar-refractivity contribution in [3.63, 3.8) is 0 Å². The Morgan fingerprint density at radius 1 is 1.43 bits per heavy atom. The molecule has 6 nitrogen and oxygen atoms in total. The molecule has 1 saturated heterocycles. The van der Waals surface area contributed by atoms with Gasteiger partial charge in [-0.05, 0) is 25.9 Å². The number of aromatic nitrogens is 2. The predicted molar refractivity (Wildman–Crippen MR) is 73.6 cm³/mol. The van der Waals surface area contributed by atoms with E-state index in [1.807, 2.05) is 0 Å². The summed E-state index contributed by atoms with van der Waals surface area (Å²) in [5.74, 6) is 5.01. The van der Waals surface area contributed by atoms with E-state index in [-0.39, 0.29) is 17.8 Å². The van der Waals surface area contributed by atoms with E-state index in [0.29, 0.717) is 0 Å². The number of anilines is 2. The Labute approximate surface area is 120 Å². The van der Waals surface area contributed by atoms with Crippen LogP contribution in [-0.2, 0) is 6.18 Å². The van der Waals surface area contributed by atoms with Gasteiger partial charge in [0.15, 0.2) is 5.69 Å². The van der Waals surface area contributed by atoms with Gasteiger partial charge < -0.3 is 10.2 Å². The molecule has 2 rings (SSSR count). The van der Waals surface area contributed by atoms with Crippen LogP contribution in [0.4, 0.5) is 24.9 Å². The van der Waals surface area contributed by atoms with Gasteiger partial charge in [0.2, 0.25) is 5.95 Å². The normalized spacial score (nSPS) is 20.3. The van der Waals surface area contributed by atoms with Crippen molar-refractivity contribution >= 4 is 11.8 Å². The summed E-state index contributed by atoms with van der Waals surface area (Å²) in [4.78, 5) is 9.50. The number of nitrogens with zero attached hydrogens (tertiary/aromatic N) is 3. The van der Waals surface area contributed by atoms with Crippen LogP contribution in [0.5, 0.6) is 0 Å². The Hall–Kier alpha value is -1.61. The maximum absolute atomic E-state index is 12.8. The van der Waals surface area contributed by atoms with Crippen molar-refractivity contribution in [1.82, 2.24) is 14.9 Å². The summed E-state index contributed by atoms with van der Waals surface area (Å²) in [6.07, 6.45) is -2.63. The van der Waals surface area contributed by atoms with Crippen molar-refractivity contribution in [2.45, 2.75) is 32.0 Å². The van der Waals surface area contributed by atoms with E-state index in [0.717, 1.165) is 38.5 Å². The Balaban J connectivity index is 2.15. The van der Waals surface area contributed by atoms with Crippen LogP contribution in [0.15, 0.2) is 6.07 Å². The third-order valence-electron chi connectivity index (χ3n) is 3.45. The number of likely N-dealkylation sites (N-methyl/N-ethyl adjacent to an activating group) is 1. The van der Waals surface area contributed by atoms with Crippen molar-refractivity contribution in [3.8, 4) is 0 Å². The highest BCUT2D eigenvalue weighted by molar-refractivity contribution is 5.43. The molecular formula is C12H19F3N6. The molecule has 0 bridgehead atoms. The van der Waals surface area contributed by atoms with Gasteiger partial charge in [0.05, 0.1) is 0 Å². The average molecular weight is 304 g/mol. The second kappa shape index (κ2) is 6.44. The lowest BCUT2D eigenvalue weighted by molar-refractivity contribution is -0.141. The summed E-state index contributed by atoms with van der Waals surface area (Å²) in [5.41, 5.74) is 1.05. The summed E-state index contributed by atoms with van der Waals surface area (Å²) < 4.78 is 38.4. The fourth-order valence-corrected chi connectivity index (χ4v) is 2.40. The average Bonchev–Trinajstić information content (AvgIpc) is 2.46. The number of hydrogen-bond donors (Lipinski definition) is 3. The van der Waals surface area contributed by atoms with Gasteiger partial charge in [-0.2, -0.15) is 18.2 Å². The quantitative estimate of drug-likeness (QED) is 0.580. The molecule has 1 unspecified atom stereocenters. The molecule has 0 radical (unpaired) electrons. The molecule has 118 valence electrons. The minimum Gasteiger partial charge on any atom is -0.366 e. The Morgan fingerprint density at radius 2 is 2.19 bits per heavy atom. The lowest BCUT2D eigenvalue weighted by atomic mass is 10.1. The van der Waals surface area contributed by atoms with Gasteiger partial charge in [0.25, 0.3) is 0 Å². The third-order valence-corrected chi connectivity index (χ3v) is 3.45. The first-order chi connectivity index (χ1) is 9.92. The van der Waals surface area contributed by atoms with Gasteiger partial charge in [0.1, 0.15) is 5.82 Å². The molecule has 1 aliphatic heterocycles. The molecule has 2 heterocycles. The van der Waals surface area contributed by atoms with Crippen molar-refractivity contribution in [2.75, 3.05) is 30.4 Å². The van der Waals surface area contributed by atoms with Crippen LogP contribution < -0.4 is 16.6 Å². The number of nitrogens with one attached hydrogen (secondary N) is 2. The number of nitrogens with two attached hydrogens (primary N) is 1. The number of halogens is 3. The molecule has 4 N–H and O–H groups in total. The fourth-order valence-electron chi connectivity index (χ4n) is 2.40. The molecular weight excluding hydrogens is 285 g/mol. The Morgan fingerprint density at radius 3 is 2.81 bits per heavy atom. The zero-order valence-corrected chi connectivity index (χ0v) is 11.7. The second-order valence-electron chi connectivity index (χ2n) is 4.98. The number of nitrogen functional groups attached to an aromatic ring is 1. The molecule has 0 amide bonds. The molecule has 1 aromatic rings. The number of hydrogen-bond acceptors (Lipinski definition) is 6. The van der Waals surface area contributed by atoms with E-state index in [2.05, 4.69) is 32.5 Å². The smallest absolute Gasteiger partial charge is 0.366 e. The van der Waals surface area contributed by atoms with Gasteiger partial charge in [0, 0.05) is 18.7 Å². The van der Waals surface area contributed by atoms with Crippen molar-refractivity contribution in [1.29, 1.82) is 0 Å². The van der Waals surface area contributed by atoms with E-state index < -0.39 is 11.9 Å². The van der Waals surface area contributed by atoms with Crippen molar-refractivity contribution in [2.24, 2.45) is 5.84 Å². The maximum atomic E-state index is 12.8. The molecule has 0 saturated carbocycles. The number of likely N-dealkylation sites (tertiary alicyclic amines) is 1. The predicted octanol–water partition coefficient (Wildman–Crippen LogP) is 1.68. The largest absolute Gasteiger partial charge is 0.433 e. The van der Waals surface area contributed by atoms with Crippen molar-refractivity contribution in [3.05, 3.63) is 11.8 Å². The summed E-state index contributed by atoms with van der Waals surface area (Å²) in [5, 5.41) is 3.04. The SMILES string of the molecule is CCN1CCCC(Nc2cc(C(F)(F)F)nc(NN)n2)C1. The minimum absolute atomic E-state index is 0.0697. The highest BCUT2D eigenvalue weighted by Gasteiger charge is 2.34. The van der Waals surface area contributed by atoms with Crippen LogP contribution in [0, 0.1) is 0 Å². The zero-order valence-electron chi connectivity index (χ0n) is 11.7. The van der Waals surface area contributed by atoms with Crippen LogP contribution in [0.1, 0.15) is 25.5 Å². The number of hydrazine groups is 1. The van der Waals surface area contributed by atoms with Crippen LogP contribution >= 0.6 is 0 Å². The number of piperidine rings is 1. The first-order valence-corrected chi connectivity index (χ1v) is 6.84. The van der Waals surface area contributed by atoms with Crippen LogP contribution in [0.25, 0.3) is 0 Å². The monoisotopic (exact) mass is 304 g/mol. The van der Waals surface area contributed by atoms with E-state index >= 15 is 0 Å². The molecule has 0 spiro atoms. The molecule has 1 aromatic heterocycles. The minimum atomic E-state index is -4.53. The summed E-state index contributed by atoms with van der Waals surface area (Å²) in [6.45, 7) is 4.78. The summed E-state index contributed by atoms with van der Waals surface area (Å²) in [6, 6.07) is 0.978. The third kappa shape index (κ3) is 4.18. The maximum Gasteiger partial charge on any atom is 0.433 e. The number of rotatable bonds is 4. The highest BCUT2D eigenvalue weighted by Crippen LogP contribution is 2.30. The molecule has 21 heavy (non-hydrogen) atoms. The van der Waals surface area contributed by atoms with Gasteiger partial charge in [-0.1, -0.05) is 6.92 Å². The van der Waals surface area contributed by atoms with E-state index in [1.165, 1.54) is 0 Å². The first kappa shape index (κ1) is 15.8. The standard InChI is InChI=1S/C12H19F3N6/c1-2-21-5-3-4-8(7-21)17-10-6-9(12(13,14)15)18-11(19-10)20-16/h6,8H,2-5,7,16H2,1H3,(H2,17,18,19,20). The highest BCUT2D eigenvalue weighted by atomic mass is 19.4. The Kier molecular flexibility index (Phi) is 4.84. The summed E-state index contributed by atoms with van der Waals surface area (Å²) in [7, 11) is 0.